The lowest BCUT2D eigenvalue weighted by atomic mass is 10.2. The van der Waals surface area contributed by atoms with Crippen LogP contribution in [0.5, 0.6) is 0 Å². The second kappa shape index (κ2) is 8.11. The van der Waals surface area contributed by atoms with Gasteiger partial charge in [-0.2, -0.15) is 0 Å². The molecule has 0 unspecified atom stereocenters. The highest BCUT2D eigenvalue weighted by Gasteiger charge is 1.97. The number of nitrogens with zero attached hydrogens (tertiary/aromatic N) is 1. The molecule has 0 fully saturated rings. The molecule has 0 aromatic carbocycles. The third-order valence-corrected chi connectivity index (χ3v) is 2.52. The Balaban J connectivity index is 0.000000671. The van der Waals surface area contributed by atoms with Gasteiger partial charge in [0.25, 0.3) is 0 Å². The van der Waals surface area contributed by atoms with Crippen molar-refractivity contribution in [2.24, 2.45) is 0 Å². The topological polar surface area (TPSA) is 12.9 Å². The molecule has 1 aromatic rings. The van der Waals surface area contributed by atoms with Crippen LogP contribution in [-0.4, -0.2) is 10.7 Å². The molecule has 0 aliphatic rings. The largest absolute Gasteiger partial charge is 0.264 e. The van der Waals surface area contributed by atoms with Crippen LogP contribution >= 0.6 is 11.8 Å². The molecule has 13 heavy (non-hydrogen) atoms. The molecule has 0 atom stereocenters. The van der Waals surface area contributed by atoms with Gasteiger partial charge >= 0.3 is 0 Å². The van der Waals surface area contributed by atoms with Crippen molar-refractivity contribution in [3.63, 3.8) is 0 Å². The van der Waals surface area contributed by atoms with Gasteiger partial charge in [-0.25, -0.2) is 0 Å². The molecule has 0 radical (unpaired) electrons. The van der Waals surface area contributed by atoms with Crippen molar-refractivity contribution < 1.29 is 0 Å². The lowest BCUT2D eigenvalue weighted by Gasteiger charge is -2.03. The van der Waals surface area contributed by atoms with E-state index in [1.54, 1.807) is 0 Å². The Bertz CT molecular complexity index is 223. The molecule has 0 aliphatic heterocycles. The van der Waals surface area contributed by atoms with Gasteiger partial charge in [-0.1, -0.05) is 27.7 Å². The lowest BCUT2D eigenvalue weighted by Crippen LogP contribution is -1.86. The molecule has 1 rings (SSSR count). The Labute approximate surface area is 86.0 Å². The van der Waals surface area contributed by atoms with Crippen LogP contribution in [0.15, 0.2) is 23.4 Å². The minimum Gasteiger partial charge on any atom is -0.264 e. The monoisotopic (exact) mass is 197 g/mol. The van der Waals surface area contributed by atoms with Crippen molar-refractivity contribution >= 4 is 11.8 Å². The van der Waals surface area contributed by atoms with Crippen LogP contribution in [0, 0.1) is 0 Å². The molecule has 1 nitrogen and oxygen atoms in total. The van der Waals surface area contributed by atoms with Gasteiger partial charge in [0, 0.05) is 17.3 Å². The minimum absolute atomic E-state index is 1.10. The van der Waals surface area contributed by atoms with E-state index in [1.807, 2.05) is 38.0 Å². The summed E-state index contributed by atoms with van der Waals surface area (Å²) in [6.07, 6.45) is 4.91. The van der Waals surface area contributed by atoms with Gasteiger partial charge in [-0.05, 0) is 23.8 Å². The number of rotatable bonds is 3. The maximum Gasteiger partial charge on any atom is 0.0406 e. The standard InChI is InChI=1S/C9H13NS.C2H6/c1-3-8-5-6-10-7-9(8)11-4-2;1-2/h5-7H,3-4H2,1-2H3;1-2H3. The van der Waals surface area contributed by atoms with Crippen molar-refractivity contribution in [1.29, 1.82) is 0 Å². The van der Waals surface area contributed by atoms with Crippen LogP contribution in [-0.2, 0) is 6.42 Å². The maximum atomic E-state index is 4.09. The molecule has 0 spiro atoms. The molecule has 0 bridgehead atoms. The van der Waals surface area contributed by atoms with Crippen molar-refractivity contribution in [3.8, 4) is 0 Å². The van der Waals surface area contributed by atoms with E-state index < -0.39 is 0 Å². The van der Waals surface area contributed by atoms with E-state index in [0.717, 1.165) is 12.2 Å². The zero-order valence-corrected chi connectivity index (χ0v) is 9.82. The van der Waals surface area contributed by atoms with Crippen LogP contribution in [0.1, 0.15) is 33.3 Å². The number of hydrogen-bond acceptors (Lipinski definition) is 2. The maximum absolute atomic E-state index is 4.09. The van der Waals surface area contributed by atoms with Gasteiger partial charge in [0.15, 0.2) is 0 Å². The van der Waals surface area contributed by atoms with E-state index in [1.165, 1.54) is 10.5 Å². The molecule has 0 aliphatic carbocycles. The smallest absolute Gasteiger partial charge is 0.0406 e. The zero-order chi connectivity index (χ0) is 10.1. The Morgan fingerprint density at radius 1 is 1.31 bits per heavy atom. The Morgan fingerprint density at radius 2 is 2.00 bits per heavy atom. The first-order valence-corrected chi connectivity index (χ1v) is 5.92. The SMILES string of the molecule is CC.CCSc1cnccc1CC. The van der Waals surface area contributed by atoms with Crippen molar-refractivity contribution in [1.82, 2.24) is 4.98 Å². The number of hydrogen-bond donors (Lipinski definition) is 0. The van der Waals surface area contributed by atoms with Crippen LogP contribution in [0.3, 0.4) is 0 Å². The Morgan fingerprint density at radius 3 is 2.54 bits per heavy atom. The third-order valence-electron chi connectivity index (χ3n) is 1.55. The molecule has 2 heteroatoms. The fourth-order valence-corrected chi connectivity index (χ4v) is 1.83. The van der Waals surface area contributed by atoms with Crippen molar-refractivity contribution in [2.45, 2.75) is 39.0 Å². The van der Waals surface area contributed by atoms with Crippen LogP contribution in [0.25, 0.3) is 0 Å². The summed E-state index contributed by atoms with van der Waals surface area (Å²) in [4.78, 5) is 5.42. The molecular formula is C11H19NS. The average Bonchev–Trinajstić information content (AvgIpc) is 2.22. The second-order valence-electron chi connectivity index (χ2n) is 2.27. The lowest BCUT2D eigenvalue weighted by molar-refractivity contribution is 1.05. The van der Waals surface area contributed by atoms with E-state index in [9.17, 15) is 0 Å². The number of thioether (sulfide) groups is 1. The Hall–Kier alpha value is -0.500. The van der Waals surface area contributed by atoms with Gasteiger partial charge in [0.05, 0.1) is 0 Å². The molecule has 0 amide bonds. The van der Waals surface area contributed by atoms with E-state index in [0.29, 0.717) is 0 Å². The van der Waals surface area contributed by atoms with Gasteiger partial charge in [-0.3, -0.25) is 4.98 Å². The Kier molecular flexibility index (Phi) is 7.80. The highest BCUT2D eigenvalue weighted by Crippen LogP contribution is 2.20. The summed E-state index contributed by atoms with van der Waals surface area (Å²) >= 11 is 1.86. The summed E-state index contributed by atoms with van der Waals surface area (Å²) < 4.78 is 0. The van der Waals surface area contributed by atoms with Gasteiger partial charge in [-0.15, -0.1) is 11.8 Å². The average molecular weight is 197 g/mol. The van der Waals surface area contributed by atoms with Crippen molar-refractivity contribution in [2.75, 3.05) is 5.75 Å². The fourth-order valence-electron chi connectivity index (χ4n) is 0.986. The zero-order valence-electron chi connectivity index (χ0n) is 9.00. The molecule has 1 heterocycles. The molecule has 74 valence electrons. The van der Waals surface area contributed by atoms with Crippen LogP contribution < -0.4 is 0 Å². The molecule has 1 aromatic heterocycles. The van der Waals surface area contributed by atoms with E-state index in [2.05, 4.69) is 24.9 Å². The number of aryl methyl sites for hydroxylation is 1. The summed E-state index contributed by atoms with van der Waals surface area (Å²) in [7, 11) is 0. The quantitative estimate of drug-likeness (QED) is 0.684. The molecule has 0 saturated carbocycles. The predicted molar refractivity (Wildman–Crippen MR) is 61.4 cm³/mol. The molecule has 0 N–H and O–H groups in total. The van der Waals surface area contributed by atoms with Crippen LogP contribution in [0.2, 0.25) is 0 Å². The minimum atomic E-state index is 1.10. The van der Waals surface area contributed by atoms with Gasteiger partial charge < -0.3 is 0 Å². The third kappa shape index (κ3) is 4.32. The van der Waals surface area contributed by atoms with Crippen LogP contribution in [0.4, 0.5) is 0 Å². The summed E-state index contributed by atoms with van der Waals surface area (Å²) in [6, 6.07) is 2.10. The van der Waals surface area contributed by atoms with E-state index in [4.69, 9.17) is 0 Å². The van der Waals surface area contributed by atoms with Crippen molar-refractivity contribution in [3.05, 3.63) is 24.0 Å². The van der Waals surface area contributed by atoms with Gasteiger partial charge in [0.2, 0.25) is 0 Å². The summed E-state index contributed by atoms with van der Waals surface area (Å²) in [5.74, 6) is 1.12. The highest BCUT2D eigenvalue weighted by atomic mass is 32.2. The summed E-state index contributed by atoms with van der Waals surface area (Å²) in [5.41, 5.74) is 1.41. The van der Waals surface area contributed by atoms with E-state index in [-0.39, 0.29) is 0 Å². The first kappa shape index (κ1) is 12.5. The first-order chi connectivity index (χ1) is 6.38. The summed E-state index contributed by atoms with van der Waals surface area (Å²) in [5, 5.41) is 0. The predicted octanol–water partition coefficient (Wildman–Crippen LogP) is 3.78. The fraction of sp³-hybridized carbons (Fsp3) is 0.545. The summed E-state index contributed by atoms with van der Waals surface area (Å²) in [6.45, 7) is 8.34. The number of pyridine rings is 1. The first-order valence-electron chi connectivity index (χ1n) is 4.94. The second-order valence-corrected chi connectivity index (χ2v) is 3.58. The van der Waals surface area contributed by atoms with Gasteiger partial charge in [0.1, 0.15) is 0 Å². The number of aromatic nitrogens is 1. The normalized spacial score (nSPS) is 8.92. The molecular weight excluding hydrogens is 178 g/mol. The molecule has 0 saturated heterocycles. The highest BCUT2D eigenvalue weighted by molar-refractivity contribution is 7.99. The van der Waals surface area contributed by atoms with E-state index >= 15 is 0 Å².